The van der Waals surface area contributed by atoms with Crippen LogP contribution in [0.5, 0.6) is 17.2 Å². The third-order valence-corrected chi connectivity index (χ3v) is 3.03. The maximum Gasteiger partial charge on any atom is 0.172 e. The van der Waals surface area contributed by atoms with Crippen LogP contribution in [0.2, 0.25) is 0 Å². The van der Waals surface area contributed by atoms with Crippen LogP contribution in [-0.4, -0.2) is 5.11 Å². The van der Waals surface area contributed by atoms with Crippen LogP contribution in [0.15, 0.2) is 42.5 Å². The van der Waals surface area contributed by atoms with Crippen molar-refractivity contribution in [3.63, 3.8) is 0 Å². The van der Waals surface area contributed by atoms with Gasteiger partial charge in [-0.05, 0) is 36.6 Å². The minimum atomic E-state index is 0.202. The van der Waals surface area contributed by atoms with Crippen molar-refractivity contribution in [2.75, 3.05) is 0 Å². The van der Waals surface area contributed by atoms with Crippen molar-refractivity contribution in [1.82, 2.24) is 0 Å². The number of hydrogen-bond donors (Lipinski definition) is 1. The van der Waals surface area contributed by atoms with Gasteiger partial charge in [-0.3, -0.25) is 0 Å². The molecule has 0 saturated heterocycles. The van der Waals surface area contributed by atoms with E-state index >= 15 is 0 Å². The Morgan fingerprint density at radius 1 is 0.944 bits per heavy atom. The molecule has 0 spiro atoms. The van der Waals surface area contributed by atoms with E-state index in [0.29, 0.717) is 5.75 Å². The Bertz CT molecular complexity index is 518. The van der Waals surface area contributed by atoms with Gasteiger partial charge in [-0.25, -0.2) is 0 Å². The van der Waals surface area contributed by atoms with Crippen LogP contribution in [0.1, 0.15) is 25.0 Å². The lowest BCUT2D eigenvalue weighted by Crippen LogP contribution is -1.96. The minimum Gasteiger partial charge on any atom is -0.504 e. The smallest absolute Gasteiger partial charge is 0.172 e. The molecule has 1 N–H and O–H groups in total. The number of para-hydroxylation sites is 1. The molecule has 0 heterocycles. The van der Waals surface area contributed by atoms with Gasteiger partial charge >= 0.3 is 0 Å². The van der Waals surface area contributed by atoms with Crippen molar-refractivity contribution in [3.05, 3.63) is 53.6 Å². The Morgan fingerprint density at radius 2 is 1.67 bits per heavy atom. The van der Waals surface area contributed by atoms with Crippen LogP contribution >= 0.6 is 0 Å². The van der Waals surface area contributed by atoms with E-state index < -0.39 is 0 Å². The van der Waals surface area contributed by atoms with E-state index in [0.717, 1.165) is 24.2 Å². The Hall–Kier alpha value is -1.96. The number of ether oxygens (including phenoxy) is 1. The molecule has 0 aromatic heterocycles. The minimum absolute atomic E-state index is 0.202. The van der Waals surface area contributed by atoms with E-state index in [2.05, 4.69) is 13.8 Å². The molecule has 2 aromatic rings. The van der Waals surface area contributed by atoms with Gasteiger partial charge in [0, 0.05) is 5.56 Å². The average molecular weight is 242 g/mol. The highest BCUT2D eigenvalue weighted by Crippen LogP contribution is 2.36. The van der Waals surface area contributed by atoms with Gasteiger partial charge in [-0.2, -0.15) is 0 Å². The second kappa shape index (κ2) is 5.58. The van der Waals surface area contributed by atoms with Gasteiger partial charge in [0.05, 0.1) is 0 Å². The quantitative estimate of drug-likeness (QED) is 0.865. The SMILES string of the molecule is CCc1ccc(O)c(Oc2ccccc2)c1CC. The molecule has 0 saturated carbocycles. The first-order valence-corrected chi connectivity index (χ1v) is 6.32. The summed E-state index contributed by atoms with van der Waals surface area (Å²) in [6.45, 7) is 4.18. The fourth-order valence-corrected chi connectivity index (χ4v) is 2.10. The highest BCUT2D eigenvalue weighted by molar-refractivity contribution is 5.52. The summed E-state index contributed by atoms with van der Waals surface area (Å²) in [5, 5.41) is 9.98. The molecular formula is C16H18O2. The molecule has 0 fully saturated rings. The van der Waals surface area contributed by atoms with Crippen molar-refractivity contribution in [1.29, 1.82) is 0 Å². The van der Waals surface area contributed by atoms with Gasteiger partial charge in [0.1, 0.15) is 5.75 Å². The monoisotopic (exact) mass is 242 g/mol. The van der Waals surface area contributed by atoms with Crippen LogP contribution in [0, 0.1) is 0 Å². The summed E-state index contributed by atoms with van der Waals surface area (Å²) in [5.74, 6) is 1.53. The van der Waals surface area contributed by atoms with Gasteiger partial charge in [0.15, 0.2) is 11.5 Å². The molecule has 0 aliphatic rings. The summed E-state index contributed by atoms with van der Waals surface area (Å²) in [4.78, 5) is 0. The summed E-state index contributed by atoms with van der Waals surface area (Å²) in [7, 11) is 0. The third kappa shape index (κ3) is 2.48. The van der Waals surface area contributed by atoms with E-state index in [9.17, 15) is 5.11 Å². The standard InChI is InChI=1S/C16H18O2/c1-3-12-10-11-15(17)16(14(12)4-2)18-13-8-6-5-7-9-13/h5-11,17H,3-4H2,1-2H3. The Morgan fingerprint density at radius 3 is 2.28 bits per heavy atom. The maximum absolute atomic E-state index is 9.98. The molecule has 0 aliphatic heterocycles. The maximum atomic E-state index is 9.98. The fraction of sp³-hybridized carbons (Fsp3) is 0.250. The first-order chi connectivity index (χ1) is 8.76. The number of phenolic OH excluding ortho intramolecular Hbond substituents is 1. The lowest BCUT2D eigenvalue weighted by molar-refractivity contribution is 0.407. The van der Waals surface area contributed by atoms with E-state index in [1.54, 1.807) is 6.07 Å². The van der Waals surface area contributed by atoms with E-state index in [4.69, 9.17) is 4.74 Å². The molecular weight excluding hydrogens is 224 g/mol. The summed E-state index contributed by atoms with van der Waals surface area (Å²) >= 11 is 0. The number of aromatic hydroxyl groups is 1. The molecule has 0 unspecified atom stereocenters. The number of rotatable bonds is 4. The van der Waals surface area contributed by atoms with E-state index in [1.807, 2.05) is 36.4 Å². The van der Waals surface area contributed by atoms with E-state index in [-0.39, 0.29) is 5.75 Å². The van der Waals surface area contributed by atoms with Crippen molar-refractivity contribution in [2.24, 2.45) is 0 Å². The molecule has 94 valence electrons. The molecule has 2 aromatic carbocycles. The van der Waals surface area contributed by atoms with Crippen molar-refractivity contribution < 1.29 is 9.84 Å². The molecule has 0 aliphatic carbocycles. The molecule has 0 radical (unpaired) electrons. The summed E-state index contributed by atoms with van der Waals surface area (Å²) in [5.41, 5.74) is 2.31. The summed E-state index contributed by atoms with van der Waals surface area (Å²) < 4.78 is 5.82. The van der Waals surface area contributed by atoms with Gasteiger partial charge in [0.25, 0.3) is 0 Å². The second-order valence-electron chi connectivity index (χ2n) is 4.17. The van der Waals surface area contributed by atoms with E-state index in [1.165, 1.54) is 5.56 Å². The molecule has 0 amide bonds. The van der Waals surface area contributed by atoms with Crippen molar-refractivity contribution in [2.45, 2.75) is 26.7 Å². The number of aryl methyl sites for hydroxylation is 1. The highest BCUT2D eigenvalue weighted by Gasteiger charge is 2.12. The zero-order valence-corrected chi connectivity index (χ0v) is 10.8. The summed E-state index contributed by atoms with van der Waals surface area (Å²) in [6.07, 6.45) is 1.79. The van der Waals surface area contributed by atoms with Crippen LogP contribution in [-0.2, 0) is 12.8 Å². The van der Waals surface area contributed by atoms with Crippen molar-refractivity contribution in [3.8, 4) is 17.2 Å². The second-order valence-corrected chi connectivity index (χ2v) is 4.17. The van der Waals surface area contributed by atoms with Gasteiger partial charge in [0.2, 0.25) is 0 Å². The van der Waals surface area contributed by atoms with Gasteiger partial charge < -0.3 is 9.84 Å². The highest BCUT2D eigenvalue weighted by atomic mass is 16.5. The van der Waals surface area contributed by atoms with Crippen LogP contribution in [0.3, 0.4) is 0 Å². The Balaban J connectivity index is 2.43. The Kier molecular flexibility index (Phi) is 3.88. The lowest BCUT2D eigenvalue weighted by Gasteiger charge is -2.15. The van der Waals surface area contributed by atoms with Crippen LogP contribution < -0.4 is 4.74 Å². The molecule has 2 rings (SSSR count). The fourth-order valence-electron chi connectivity index (χ4n) is 2.10. The van der Waals surface area contributed by atoms with Crippen LogP contribution in [0.4, 0.5) is 0 Å². The first-order valence-electron chi connectivity index (χ1n) is 6.32. The molecule has 18 heavy (non-hydrogen) atoms. The molecule has 2 heteroatoms. The number of phenols is 1. The zero-order valence-electron chi connectivity index (χ0n) is 10.8. The van der Waals surface area contributed by atoms with Gasteiger partial charge in [-0.15, -0.1) is 0 Å². The predicted octanol–water partition coefficient (Wildman–Crippen LogP) is 4.31. The van der Waals surface area contributed by atoms with Gasteiger partial charge in [-0.1, -0.05) is 38.1 Å². The lowest BCUT2D eigenvalue weighted by atomic mass is 10.0. The number of hydrogen-bond acceptors (Lipinski definition) is 2. The molecule has 0 bridgehead atoms. The average Bonchev–Trinajstić information content (AvgIpc) is 2.42. The van der Waals surface area contributed by atoms with Crippen LogP contribution in [0.25, 0.3) is 0 Å². The zero-order chi connectivity index (χ0) is 13.0. The Labute approximate surface area is 108 Å². The predicted molar refractivity (Wildman–Crippen MR) is 73.4 cm³/mol. The normalized spacial score (nSPS) is 10.3. The largest absolute Gasteiger partial charge is 0.504 e. The third-order valence-electron chi connectivity index (χ3n) is 3.03. The molecule has 0 atom stereocenters. The number of benzene rings is 2. The topological polar surface area (TPSA) is 29.5 Å². The van der Waals surface area contributed by atoms with Crippen molar-refractivity contribution >= 4 is 0 Å². The summed E-state index contributed by atoms with van der Waals surface area (Å²) in [6, 6.07) is 13.2. The first kappa shape index (κ1) is 12.5. The molecule has 2 nitrogen and oxygen atoms in total.